The van der Waals surface area contributed by atoms with Gasteiger partial charge < -0.3 is 9.80 Å². The molecule has 0 aliphatic carbocycles. The number of halogens is 5. The molecule has 3 aromatic rings. The highest BCUT2D eigenvalue weighted by molar-refractivity contribution is 7.99. The number of anilines is 1. The van der Waals surface area contributed by atoms with Gasteiger partial charge in [-0.1, -0.05) is 6.58 Å². The summed E-state index contributed by atoms with van der Waals surface area (Å²) in [5, 5.41) is 0.107. The zero-order valence-electron chi connectivity index (χ0n) is 19.6. The van der Waals surface area contributed by atoms with E-state index in [1.165, 1.54) is 10.6 Å². The van der Waals surface area contributed by atoms with E-state index >= 15 is 0 Å². The Labute approximate surface area is 212 Å². The number of hydrogen-bond donors (Lipinski definition) is 0. The van der Waals surface area contributed by atoms with Crippen LogP contribution in [-0.4, -0.2) is 51.8 Å². The van der Waals surface area contributed by atoms with Crippen LogP contribution < -0.4 is 10.6 Å². The second kappa shape index (κ2) is 9.16. The quantitative estimate of drug-likeness (QED) is 0.359. The lowest BCUT2D eigenvalue weighted by atomic mass is 9.95. The van der Waals surface area contributed by atoms with Gasteiger partial charge >= 0.3 is 11.9 Å². The van der Waals surface area contributed by atoms with E-state index in [0.717, 1.165) is 30.0 Å². The molecule has 1 unspecified atom stereocenters. The minimum atomic E-state index is -4.88. The minimum Gasteiger partial charge on any atom is -0.350 e. The van der Waals surface area contributed by atoms with Crippen LogP contribution in [-0.2, 0) is 17.5 Å². The third-order valence-corrected chi connectivity index (χ3v) is 7.72. The van der Waals surface area contributed by atoms with Crippen LogP contribution in [0.25, 0.3) is 22.0 Å². The van der Waals surface area contributed by atoms with Crippen molar-refractivity contribution in [1.29, 1.82) is 0 Å². The summed E-state index contributed by atoms with van der Waals surface area (Å²) < 4.78 is 73.1. The van der Waals surface area contributed by atoms with Crippen LogP contribution in [0.1, 0.15) is 12.5 Å². The van der Waals surface area contributed by atoms with Gasteiger partial charge in [-0.25, -0.2) is 13.6 Å². The molecule has 2 aliphatic rings. The Bertz CT molecular complexity index is 1500. The average Bonchev–Trinajstić information content (AvgIpc) is 2.85. The van der Waals surface area contributed by atoms with Gasteiger partial charge in [0.25, 0.3) is 0 Å². The first-order valence-corrected chi connectivity index (χ1v) is 12.4. The highest BCUT2D eigenvalue weighted by Gasteiger charge is 2.39. The predicted octanol–water partition coefficient (Wildman–Crippen LogP) is 4.69. The number of aryl methyl sites for hydroxylation is 1. The third-order valence-electron chi connectivity index (χ3n) is 6.65. The lowest BCUT2D eigenvalue weighted by Gasteiger charge is -2.41. The molecule has 1 saturated heterocycles. The van der Waals surface area contributed by atoms with Crippen molar-refractivity contribution < 1.29 is 26.7 Å². The zero-order valence-corrected chi connectivity index (χ0v) is 20.4. The normalized spacial score (nSPS) is 17.8. The fraction of sp³-hybridized carbons (Fsp3) is 0.320. The van der Waals surface area contributed by atoms with E-state index in [2.05, 4.69) is 11.6 Å². The number of hydrogen-bond acceptors (Lipinski definition) is 5. The Balaban J connectivity index is 1.80. The Kier molecular flexibility index (Phi) is 6.25. The fourth-order valence-corrected chi connectivity index (χ4v) is 6.18. The summed E-state index contributed by atoms with van der Waals surface area (Å²) in [4.78, 5) is 32.7. The zero-order chi connectivity index (χ0) is 26.6. The molecule has 0 radical (unpaired) electrons. The third kappa shape index (κ3) is 4.26. The van der Waals surface area contributed by atoms with Crippen LogP contribution in [0, 0.1) is 11.6 Å². The van der Waals surface area contributed by atoms with Gasteiger partial charge in [0, 0.05) is 65.4 Å². The van der Waals surface area contributed by atoms with Crippen molar-refractivity contribution in [2.24, 2.45) is 0 Å². The van der Waals surface area contributed by atoms with Crippen molar-refractivity contribution in [3.63, 3.8) is 0 Å². The van der Waals surface area contributed by atoms with Crippen LogP contribution >= 0.6 is 11.8 Å². The number of alkyl halides is 3. The average molecular weight is 537 g/mol. The van der Waals surface area contributed by atoms with Gasteiger partial charge in [-0.05, 0) is 31.2 Å². The summed E-state index contributed by atoms with van der Waals surface area (Å²) >= 11 is 1.09. The number of rotatable bonds is 3. The molecule has 6 nitrogen and oxygen atoms in total. The molecular formula is C25H21F5N4O2S. The molecule has 0 spiro atoms. The van der Waals surface area contributed by atoms with Crippen LogP contribution in [0.5, 0.6) is 0 Å². The van der Waals surface area contributed by atoms with E-state index < -0.39 is 40.2 Å². The first-order chi connectivity index (χ1) is 17.5. The van der Waals surface area contributed by atoms with Gasteiger partial charge in [0.05, 0.1) is 11.1 Å². The van der Waals surface area contributed by atoms with Crippen molar-refractivity contribution >= 4 is 34.4 Å². The molecule has 0 saturated carbocycles. The summed E-state index contributed by atoms with van der Waals surface area (Å²) in [7, 11) is 0. The number of benzene rings is 2. The van der Waals surface area contributed by atoms with Crippen molar-refractivity contribution in [2.45, 2.75) is 30.6 Å². The Hall–Kier alpha value is -3.41. The van der Waals surface area contributed by atoms with Gasteiger partial charge in [0.15, 0.2) is 0 Å². The number of carbonyl (C=O) groups excluding carboxylic acids is 1. The molecular weight excluding hydrogens is 515 g/mol. The molecule has 2 aromatic carbocycles. The highest BCUT2D eigenvalue weighted by atomic mass is 32.2. The van der Waals surface area contributed by atoms with Crippen molar-refractivity contribution in [3.8, 4) is 11.1 Å². The van der Waals surface area contributed by atoms with Crippen LogP contribution in [0.4, 0.5) is 27.8 Å². The van der Waals surface area contributed by atoms with Crippen LogP contribution in [0.15, 0.2) is 46.6 Å². The minimum absolute atomic E-state index is 0.0785. The highest BCUT2D eigenvalue weighted by Crippen LogP contribution is 2.49. The number of nitrogens with zero attached hydrogens (tertiary/aromatic N) is 4. The maximum Gasteiger partial charge on any atom is 0.417 e. The number of amides is 1. The topological polar surface area (TPSA) is 58.4 Å². The predicted molar refractivity (Wildman–Crippen MR) is 131 cm³/mol. The molecule has 5 rings (SSSR count). The van der Waals surface area contributed by atoms with Gasteiger partial charge in [0.1, 0.15) is 17.5 Å². The molecule has 12 heteroatoms. The molecule has 0 N–H and O–H groups in total. The summed E-state index contributed by atoms with van der Waals surface area (Å²) in [6.45, 7) is 6.27. The molecule has 1 atom stereocenters. The second-order valence-corrected chi connectivity index (χ2v) is 10.0. The molecule has 3 heterocycles. The smallest absolute Gasteiger partial charge is 0.350 e. The Morgan fingerprint density at radius 1 is 1.19 bits per heavy atom. The van der Waals surface area contributed by atoms with E-state index in [4.69, 9.17) is 0 Å². The van der Waals surface area contributed by atoms with E-state index in [9.17, 15) is 31.5 Å². The van der Waals surface area contributed by atoms with Gasteiger partial charge in [-0.15, -0.1) is 11.8 Å². The molecule has 1 aromatic heterocycles. The van der Waals surface area contributed by atoms with Crippen molar-refractivity contribution in [2.75, 3.05) is 30.3 Å². The molecule has 1 amide bonds. The number of piperazine rings is 1. The first-order valence-electron chi connectivity index (χ1n) is 11.5. The largest absolute Gasteiger partial charge is 0.417 e. The maximum absolute atomic E-state index is 14.8. The molecule has 194 valence electrons. The lowest BCUT2D eigenvalue weighted by Crippen LogP contribution is -2.54. The van der Waals surface area contributed by atoms with E-state index in [1.807, 2.05) is 0 Å². The van der Waals surface area contributed by atoms with Crippen molar-refractivity contribution in [3.05, 3.63) is 64.6 Å². The Morgan fingerprint density at radius 3 is 2.59 bits per heavy atom. The van der Waals surface area contributed by atoms with E-state index in [0.29, 0.717) is 6.07 Å². The fourth-order valence-electron chi connectivity index (χ4n) is 4.98. The van der Waals surface area contributed by atoms with Gasteiger partial charge in [-0.3, -0.25) is 9.36 Å². The van der Waals surface area contributed by atoms with Crippen LogP contribution in [0.3, 0.4) is 0 Å². The first kappa shape index (κ1) is 25.2. The van der Waals surface area contributed by atoms with Crippen LogP contribution in [0.2, 0.25) is 0 Å². The van der Waals surface area contributed by atoms with Crippen molar-refractivity contribution in [1.82, 2.24) is 14.5 Å². The molecule has 2 aliphatic heterocycles. The maximum atomic E-state index is 14.8. The van der Waals surface area contributed by atoms with E-state index in [-0.39, 0.29) is 65.5 Å². The summed E-state index contributed by atoms with van der Waals surface area (Å²) in [5.74, 6) is -1.96. The number of thioether (sulfide) groups is 1. The Morgan fingerprint density at radius 2 is 1.95 bits per heavy atom. The second-order valence-electron chi connectivity index (χ2n) is 8.90. The monoisotopic (exact) mass is 536 g/mol. The summed E-state index contributed by atoms with van der Waals surface area (Å²) in [6.07, 6.45) is -3.68. The number of aromatic nitrogens is 2. The molecule has 37 heavy (non-hydrogen) atoms. The van der Waals surface area contributed by atoms with Gasteiger partial charge in [-0.2, -0.15) is 18.2 Å². The lowest BCUT2D eigenvalue weighted by molar-refractivity contribution is -0.137. The van der Waals surface area contributed by atoms with Gasteiger partial charge in [0.2, 0.25) is 5.91 Å². The summed E-state index contributed by atoms with van der Waals surface area (Å²) in [5.41, 5.74) is -2.33. The molecule has 1 fully saturated rings. The van der Waals surface area contributed by atoms with E-state index in [1.54, 1.807) is 16.7 Å². The summed E-state index contributed by atoms with van der Waals surface area (Å²) in [6, 6.07) is 2.96. The number of carbonyl (C=O) groups is 1. The standard InChI is InChI=1S/C25H21F5N4O2S/c1-3-19(35)32-6-7-33(13(2)12-32)23-16-11-17(25(28,29)30)20(15-5-4-14(26)10-18(15)27)22-21(16)34(8-9-37-22)24(36)31-23/h3-5,10-11,13H,1,6-9,12H2,2H3. The SMILES string of the molecule is C=CC(=O)N1CCN(c2nc(=O)n3c4c(c(-c5ccc(F)cc5F)c(C(F)(F)F)cc24)SCC3)C(C)C1. The molecule has 0 bridgehead atoms.